The second kappa shape index (κ2) is 10.9. The predicted octanol–water partition coefficient (Wildman–Crippen LogP) is 0.881. The number of sulfone groups is 1. The molecule has 35 heavy (non-hydrogen) atoms. The Kier molecular flexibility index (Phi) is 8.15. The van der Waals surface area contributed by atoms with E-state index in [-0.39, 0.29) is 36.0 Å². The maximum Gasteiger partial charge on any atom is 0.239 e. The highest BCUT2D eigenvalue weighted by Crippen LogP contribution is 2.29. The molecule has 4 unspecified atom stereocenters. The Bertz CT molecular complexity index is 1020. The van der Waals surface area contributed by atoms with Crippen molar-refractivity contribution in [3.05, 3.63) is 29.8 Å². The summed E-state index contributed by atoms with van der Waals surface area (Å²) in [6.07, 6.45) is 5.28. The Hall–Kier alpha value is -2.01. The smallest absolute Gasteiger partial charge is 0.239 e. The fourth-order valence-corrected chi connectivity index (χ4v) is 6.50. The first kappa shape index (κ1) is 26.1. The SMILES string of the molecule is COCC1CCCN1C(=O)CCC1CNC(=O)C2C(CCN2Cc2ccc(S(C)(=O)=O)cc2)N1C. The third kappa shape index (κ3) is 5.87. The zero-order valence-electron chi connectivity index (χ0n) is 21.0. The van der Waals surface area contributed by atoms with Crippen LogP contribution in [-0.4, -0.2) is 106 Å². The summed E-state index contributed by atoms with van der Waals surface area (Å²) in [5, 5.41) is 3.12. The van der Waals surface area contributed by atoms with Crippen LogP contribution >= 0.6 is 0 Å². The van der Waals surface area contributed by atoms with Gasteiger partial charge in [-0.2, -0.15) is 0 Å². The summed E-state index contributed by atoms with van der Waals surface area (Å²) in [4.78, 5) is 32.7. The third-order valence-corrected chi connectivity index (χ3v) is 8.96. The molecule has 1 aromatic rings. The van der Waals surface area contributed by atoms with Gasteiger partial charge in [-0.1, -0.05) is 12.1 Å². The Morgan fingerprint density at radius 1 is 1.14 bits per heavy atom. The lowest BCUT2D eigenvalue weighted by molar-refractivity contribution is -0.133. The second-order valence-electron chi connectivity index (χ2n) is 10.1. The van der Waals surface area contributed by atoms with Crippen molar-refractivity contribution in [2.45, 2.75) is 67.7 Å². The molecule has 1 aromatic carbocycles. The van der Waals surface area contributed by atoms with E-state index in [1.54, 1.807) is 19.2 Å². The highest BCUT2D eigenvalue weighted by molar-refractivity contribution is 7.90. The maximum atomic E-state index is 13.1. The van der Waals surface area contributed by atoms with E-state index in [9.17, 15) is 18.0 Å². The van der Waals surface area contributed by atoms with Crippen molar-refractivity contribution < 1.29 is 22.7 Å². The van der Waals surface area contributed by atoms with Gasteiger partial charge < -0.3 is 15.0 Å². The molecule has 3 saturated heterocycles. The van der Waals surface area contributed by atoms with E-state index in [1.165, 1.54) is 6.26 Å². The van der Waals surface area contributed by atoms with Gasteiger partial charge in [-0.25, -0.2) is 8.42 Å². The molecule has 1 N–H and O–H groups in total. The third-order valence-electron chi connectivity index (χ3n) is 7.83. The molecule has 10 heteroatoms. The number of carbonyl (C=O) groups excluding carboxylic acids is 2. The molecule has 194 valence electrons. The van der Waals surface area contributed by atoms with E-state index in [1.807, 2.05) is 17.0 Å². The van der Waals surface area contributed by atoms with Crippen molar-refractivity contribution in [2.24, 2.45) is 0 Å². The largest absolute Gasteiger partial charge is 0.383 e. The van der Waals surface area contributed by atoms with Crippen LogP contribution in [0.2, 0.25) is 0 Å². The number of hydrogen-bond donors (Lipinski definition) is 1. The minimum absolute atomic E-state index is 0.0284. The number of nitrogens with one attached hydrogen (secondary N) is 1. The van der Waals surface area contributed by atoms with E-state index in [0.717, 1.165) is 37.9 Å². The van der Waals surface area contributed by atoms with Gasteiger partial charge in [0.25, 0.3) is 0 Å². The zero-order valence-corrected chi connectivity index (χ0v) is 21.8. The summed E-state index contributed by atoms with van der Waals surface area (Å²) in [5.41, 5.74) is 0.983. The Morgan fingerprint density at radius 3 is 2.57 bits per heavy atom. The van der Waals surface area contributed by atoms with Crippen LogP contribution in [-0.2, 0) is 30.7 Å². The predicted molar refractivity (Wildman–Crippen MR) is 133 cm³/mol. The number of benzene rings is 1. The maximum absolute atomic E-state index is 13.1. The molecule has 0 spiro atoms. The molecule has 0 bridgehead atoms. The molecule has 2 amide bonds. The number of nitrogens with zero attached hydrogens (tertiary/aromatic N) is 3. The Morgan fingerprint density at radius 2 is 1.89 bits per heavy atom. The number of carbonyl (C=O) groups is 2. The Balaban J connectivity index is 1.37. The molecule has 3 heterocycles. The average molecular weight is 507 g/mol. The number of fused-ring (bicyclic) bond motifs is 1. The molecular weight excluding hydrogens is 468 g/mol. The minimum atomic E-state index is -3.23. The van der Waals surface area contributed by atoms with Crippen LogP contribution in [0.3, 0.4) is 0 Å². The first-order valence-electron chi connectivity index (χ1n) is 12.5. The zero-order chi connectivity index (χ0) is 25.2. The number of likely N-dealkylation sites (tertiary alicyclic amines) is 2. The lowest BCUT2D eigenvalue weighted by Gasteiger charge is -2.33. The number of likely N-dealkylation sites (N-methyl/N-ethyl adjacent to an activating group) is 1. The summed E-state index contributed by atoms with van der Waals surface area (Å²) in [5.74, 6) is 0.205. The van der Waals surface area contributed by atoms with Crippen molar-refractivity contribution in [3.8, 4) is 0 Å². The lowest BCUT2D eigenvalue weighted by Crippen LogP contribution is -2.49. The van der Waals surface area contributed by atoms with Crippen molar-refractivity contribution in [1.82, 2.24) is 20.0 Å². The van der Waals surface area contributed by atoms with Gasteiger partial charge in [-0.15, -0.1) is 0 Å². The molecule has 3 aliphatic rings. The van der Waals surface area contributed by atoms with Gasteiger partial charge >= 0.3 is 0 Å². The van der Waals surface area contributed by atoms with Crippen molar-refractivity contribution in [1.29, 1.82) is 0 Å². The van der Waals surface area contributed by atoms with Gasteiger partial charge in [0, 0.05) is 58.0 Å². The van der Waals surface area contributed by atoms with Crippen LogP contribution in [0, 0.1) is 0 Å². The minimum Gasteiger partial charge on any atom is -0.383 e. The molecule has 4 rings (SSSR count). The van der Waals surface area contributed by atoms with Crippen molar-refractivity contribution in [2.75, 3.05) is 46.7 Å². The summed E-state index contributed by atoms with van der Waals surface area (Å²) in [6, 6.07) is 7.01. The average Bonchev–Trinajstić information content (AvgIpc) is 3.43. The molecule has 0 aromatic heterocycles. The quantitative estimate of drug-likeness (QED) is 0.559. The number of hydrogen-bond acceptors (Lipinski definition) is 7. The summed E-state index contributed by atoms with van der Waals surface area (Å²) < 4.78 is 28.8. The topological polar surface area (TPSA) is 99.3 Å². The van der Waals surface area contributed by atoms with Gasteiger partial charge in [0.1, 0.15) is 6.04 Å². The fourth-order valence-electron chi connectivity index (χ4n) is 5.87. The fraction of sp³-hybridized carbons (Fsp3) is 0.680. The second-order valence-corrected chi connectivity index (χ2v) is 12.1. The molecule has 9 nitrogen and oxygen atoms in total. The molecule has 4 atom stereocenters. The first-order chi connectivity index (χ1) is 16.7. The van der Waals surface area contributed by atoms with E-state index in [4.69, 9.17) is 4.74 Å². The van der Waals surface area contributed by atoms with Gasteiger partial charge in [0.15, 0.2) is 9.84 Å². The van der Waals surface area contributed by atoms with E-state index < -0.39 is 9.84 Å². The number of methoxy groups -OCH3 is 1. The standard InChI is InChI=1S/C25H38N4O5S/c1-27-19(8-11-23(30)29-13-4-5-20(29)17-34-2)15-26-25(31)24-22(27)12-14-28(24)16-18-6-9-21(10-7-18)35(3,32)33/h6-7,9-10,19-20,22,24H,4-5,8,11-17H2,1-3H3,(H,26,31). The highest BCUT2D eigenvalue weighted by atomic mass is 32.2. The van der Waals surface area contributed by atoms with Gasteiger partial charge in [0.2, 0.25) is 11.8 Å². The van der Waals surface area contributed by atoms with Crippen LogP contribution < -0.4 is 5.32 Å². The molecule has 0 aliphatic carbocycles. The first-order valence-corrected chi connectivity index (χ1v) is 14.4. The summed E-state index contributed by atoms with van der Waals surface area (Å²) in [6.45, 7) is 3.30. The highest BCUT2D eigenvalue weighted by Gasteiger charge is 2.45. The Labute approximate surface area is 208 Å². The van der Waals surface area contributed by atoms with Crippen molar-refractivity contribution in [3.63, 3.8) is 0 Å². The van der Waals surface area contributed by atoms with Gasteiger partial charge in [-0.05, 0) is 50.4 Å². The van der Waals surface area contributed by atoms with E-state index in [0.29, 0.717) is 37.4 Å². The van der Waals surface area contributed by atoms with Gasteiger partial charge in [0.05, 0.1) is 17.5 Å². The molecular formula is C25H38N4O5S. The van der Waals surface area contributed by atoms with Crippen LogP contribution in [0.5, 0.6) is 0 Å². The van der Waals surface area contributed by atoms with Crippen LogP contribution in [0.4, 0.5) is 0 Å². The lowest BCUT2D eigenvalue weighted by atomic mass is 10.0. The molecule has 0 radical (unpaired) electrons. The van der Waals surface area contributed by atoms with Crippen LogP contribution in [0.25, 0.3) is 0 Å². The molecule has 3 fully saturated rings. The number of amides is 2. The van der Waals surface area contributed by atoms with Crippen LogP contribution in [0.15, 0.2) is 29.2 Å². The van der Waals surface area contributed by atoms with Gasteiger partial charge in [-0.3, -0.25) is 19.4 Å². The molecule has 0 saturated carbocycles. The summed E-state index contributed by atoms with van der Waals surface area (Å²) in [7, 11) is 0.513. The van der Waals surface area contributed by atoms with E-state index in [2.05, 4.69) is 22.2 Å². The monoisotopic (exact) mass is 506 g/mol. The summed E-state index contributed by atoms with van der Waals surface area (Å²) >= 11 is 0. The van der Waals surface area contributed by atoms with E-state index >= 15 is 0 Å². The molecule has 3 aliphatic heterocycles. The van der Waals surface area contributed by atoms with Crippen molar-refractivity contribution >= 4 is 21.7 Å². The number of rotatable bonds is 8. The van der Waals surface area contributed by atoms with Crippen LogP contribution in [0.1, 0.15) is 37.7 Å². The normalized spacial score (nSPS) is 28.1. The number of ether oxygens (including phenoxy) is 1.